The van der Waals surface area contributed by atoms with Gasteiger partial charge in [0.2, 0.25) is 0 Å². The minimum absolute atomic E-state index is 0.0231. The van der Waals surface area contributed by atoms with E-state index in [0.29, 0.717) is 30.6 Å². The number of carboxylic acids is 2. The molecule has 0 radical (unpaired) electrons. The Kier molecular flexibility index (Phi) is 7.60. The first kappa shape index (κ1) is 27.4. The molecule has 3 aliphatic carbocycles. The fourth-order valence-electron chi connectivity index (χ4n) is 8.41. The Morgan fingerprint density at radius 1 is 1.14 bits per heavy atom. The number of rotatable bonds is 9. The van der Waals surface area contributed by atoms with Crippen molar-refractivity contribution in [2.24, 2.45) is 39.9 Å². The maximum Gasteiger partial charge on any atom is 0.331 e. The van der Waals surface area contributed by atoms with Gasteiger partial charge in [0.1, 0.15) is 0 Å². The predicted octanol–water partition coefficient (Wildman–Crippen LogP) is 6.84. The molecule has 0 aromatic carbocycles. The second kappa shape index (κ2) is 9.71. The SMILES string of the molecule is C=C(C)[C@H]1CC=C2[C@H](CC[C@@]3(C)[C@H]([C@@H](C)CC(=O)C=C(C)C(=O)O)CC[C@]23C)[C@]1(C)CCC(=O)O. The van der Waals surface area contributed by atoms with Gasteiger partial charge in [-0.2, -0.15) is 0 Å². The van der Waals surface area contributed by atoms with Gasteiger partial charge in [-0.25, -0.2) is 4.79 Å². The standard InChI is InChI=1S/C30H44O5/c1-18(2)22-8-9-25-24(28(22,5)13-12-26(32)33)11-15-29(6)23(10-14-30(25,29)7)19(3)16-21(31)17-20(4)27(34)35/h9,17,19,22-24H,1,8,10-16H2,2-7H3,(H,32,33)(H,34,35)/t19-,22+,23-,24-,28+,29-,30+/m0/s1. The van der Waals surface area contributed by atoms with E-state index in [1.807, 2.05) is 0 Å². The Bertz CT molecular complexity index is 973. The summed E-state index contributed by atoms with van der Waals surface area (Å²) in [6, 6.07) is 0. The average Bonchev–Trinajstić information content (AvgIpc) is 3.03. The van der Waals surface area contributed by atoms with Crippen LogP contribution >= 0.6 is 0 Å². The number of carbonyl (C=O) groups is 3. The Morgan fingerprint density at radius 3 is 2.37 bits per heavy atom. The van der Waals surface area contributed by atoms with Crippen molar-refractivity contribution in [1.82, 2.24) is 0 Å². The molecule has 0 aromatic rings. The molecule has 3 aliphatic rings. The van der Waals surface area contributed by atoms with E-state index in [2.05, 4.69) is 47.3 Å². The van der Waals surface area contributed by atoms with E-state index in [1.54, 1.807) is 0 Å². The number of carbonyl (C=O) groups excluding carboxylic acids is 1. The summed E-state index contributed by atoms with van der Waals surface area (Å²) in [4.78, 5) is 35.3. The van der Waals surface area contributed by atoms with E-state index >= 15 is 0 Å². The topological polar surface area (TPSA) is 91.7 Å². The van der Waals surface area contributed by atoms with Crippen molar-refractivity contribution >= 4 is 17.7 Å². The first-order chi connectivity index (χ1) is 16.2. The van der Waals surface area contributed by atoms with Crippen LogP contribution in [0.4, 0.5) is 0 Å². The van der Waals surface area contributed by atoms with Crippen LogP contribution in [0.1, 0.15) is 92.9 Å². The molecule has 194 valence electrons. The molecule has 35 heavy (non-hydrogen) atoms. The minimum atomic E-state index is -1.05. The molecule has 0 spiro atoms. The van der Waals surface area contributed by atoms with Crippen molar-refractivity contribution in [3.8, 4) is 0 Å². The lowest BCUT2D eigenvalue weighted by Crippen LogP contribution is -2.52. The fourth-order valence-corrected chi connectivity index (χ4v) is 8.41. The molecule has 2 saturated carbocycles. The number of allylic oxidation sites excluding steroid dienone is 4. The molecular formula is C30H44O5. The zero-order chi connectivity index (χ0) is 26.3. The highest BCUT2D eigenvalue weighted by atomic mass is 16.4. The highest BCUT2D eigenvalue weighted by Gasteiger charge is 2.63. The normalized spacial score (nSPS) is 37.6. The first-order valence-corrected chi connectivity index (χ1v) is 13.2. The number of fused-ring (bicyclic) bond motifs is 3. The number of hydrogen-bond acceptors (Lipinski definition) is 3. The number of hydrogen-bond donors (Lipinski definition) is 2. The zero-order valence-electron chi connectivity index (χ0n) is 22.4. The molecule has 0 heterocycles. The van der Waals surface area contributed by atoms with Crippen LogP contribution < -0.4 is 0 Å². The summed E-state index contributed by atoms with van der Waals surface area (Å²) in [6.07, 6.45) is 10.1. The van der Waals surface area contributed by atoms with Crippen LogP contribution in [0.15, 0.2) is 35.5 Å². The van der Waals surface area contributed by atoms with Crippen molar-refractivity contribution in [3.63, 3.8) is 0 Å². The third-order valence-corrected chi connectivity index (χ3v) is 10.6. The van der Waals surface area contributed by atoms with E-state index in [9.17, 15) is 19.5 Å². The summed E-state index contributed by atoms with van der Waals surface area (Å²) in [6.45, 7) is 17.1. The van der Waals surface area contributed by atoms with Gasteiger partial charge < -0.3 is 10.2 Å². The summed E-state index contributed by atoms with van der Waals surface area (Å²) in [5, 5.41) is 18.6. The van der Waals surface area contributed by atoms with Gasteiger partial charge in [0.25, 0.3) is 0 Å². The highest BCUT2D eigenvalue weighted by Crippen LogP contribution is 2.71. The molecular weight excluding hydrogens is 440 g/mol. The van der Waals surface area contributed by atoms with Crippen LogP contribution in [0.2, 0.25) is 0 Å². The Labute approximate surface area is 210 Å². The molecule has 3 rings (SSSR count). The Hall–Kier alpha value is -2.17. The molecule has 0 saturated heterocycles. The van der Waals surface area contributed by atoms with Crippen LogP contribution in [0.5, 0.6) is 0 Å². The van der Waals surface area contributed by atoms with E-state index in [4.69, 9.17) is 5.11 Å². The molecule has 2 fully saturated rings. The summed E-state index contributed by atoms with van der Waals surface area (Å²) >= 11 is 0. The van der Waals surface area contributed by atoms with Crippen LogP contribution in [-0.4, -0.2) is 27.9 Å². The third-order valence-electron chi connectivity index (χ3n) is 10.6. The lowest BCUT2D eigenvalue weighted by Gasteiger charge is -2.60. The summed E-state index contributed by atoms with van der Waals surface area (Å²) in [5.74, 6) is -0.677. The van der Waals surface area contributed by atoms with Crippen LogP contribution in [-0.2, 0) is 14.4 Å². The van der Waals surface area contributed by atoms with Crippen molar-refractivity contribution < 1.29 is 24.6 Å². The number of ketones is 1. The quantitative estimate of drug-likeness (QED) is 0.276. The molecule has 5 nitrogen and oxygen atoms in total. The van der Waals surface area contributed by atoms with E-state index in [1.165, 1.54) is 18.6 Å². The number of carboxylic acid groups (broad SMARTS) is 2. The molecule has 2 N–H and O–H groups in total. The van der Waals surface area contributed by atoms with Gasteiger partial charge in [-0.3, -0.25) is 9.59 Å². The smallest absolute Gasteiger partial charge is 0.331 e. The molecule has 0 unspecified atom stereocenters. The second-order valence-electron chi connectivity index (χ2n) is 12.5. The van der Waals surface area contributed by atoms with Gasteiger partial charge in [-0.1, -0.05) is 51.5 Å². The lowest BCUT2D eigenvalue weighted by atomic mass is 9.44. The molecule has 0 bridgehead atoms. The molecule has 0 amide bonds. The average molecular weight is 485 g/mol. The summed E-state index contributed by atoms with van der Waals surface area (Å²) in [7, 11) is 0. The van der Waals surface area contributed by atoms with Crippen molar-refractivity contribution in [2.45, 2.75) is 92.9 Å². The van der Waals surface area contributed by atoms with E-state index < -0.39 is 11.9 Å². The summed E-state index contributed by atoms with van der Waals surface area (Å²) < 4.78 is 0. The maximum atomic E-state index is 12.6. The molecule has 0 aliphatic heterocycles. The lowest BCUT2D eigenvalue weighted by molar-refractivity contribution is -0.138. The zero-order valence-corrected chi connectivity index (χ0v) is 22.4. The minimum Gasteiger partial charge on any atom is -0.481 e. The van der Waals surface area contributed by atoms with Gasteiger partial charge in [0.15, 0.2) is 5.78 Å². The molecule has 5 heteroatoms. The van der Waals surface area contributed by atoms with Gasteiger partial charge in [-0.15, -0.1) is 0 Å². The van der Waals surface area contributed by atoms with Crippen LogP contribution in [0, 0.1) is 39.9 Å². The van der Waals surface area contributed by atoms with Crippen molar-refractivity contribution in [3.05, 3.63) is 35.5 Å². The van der Waals surface area contributed by atoms with E-state index in [0.717, 1.165) is 37.7 Å². The van der Waals surface area contributed by atoms with Gasteiger partial charge in [0, 0.05) is 18.4 Å². The fraction of sp³-hybridized carbons (Fsp3) is 0.700. The predicted molar refractivity (Wildman–Crippen MR) is 138 cm³/mol. The first-order valence-electron chi connectivity index (χ1n) is 13.2. The van der Waals surface area contributed by atoms with Crippen LogP contribution in [0.3, 0.4) is 0 Å². The monoisotopic (exact) mass is 484 g/mol. The van der Waals surface area contributed by atoms with Crippen molar-refractivity contribution in [2.75, 3.05) is 0 Å². The number of aliphatic carboxylic acids is 2. The second-order valence-corrected chi connectivity index (χ2v) is 12.5. The van der Waals surface area contributed by atoms with Gasteiger partial charge in [-0.05, 0) is 98.4 Å². The Morgan fingerprint density at radius 2 is 1.80 bits per heavy atom. The largest absolute Gasteiger partial charge is 0.481 e. The van der Waals surface area contributed by atoms with Gasteiger partial charge in [0.05, 0.1) is 0 Å². The van der Waals surface area contributed by atoms with E-state index in [-0.39, 0.29) is 39.9 Å². The summed E-state index contributed by atoms with van der Waals surface area (Å²) in [5.41, 5.74) is 2.72. The van der Waals surface area contributed by atoms with Crippen molar-refractivity contribution in [1.29, 1.82) is 0 Å². The molecule has 7 atom stereocenters. The van der Waals surface area contributed by atoms with Gasteiger partial charge >= 0.3 is 11.9 Å². The highest BCUT2D eigenvalue weighted by molar-refractivity contribution is 5.98. The molecule has 0 aromatic heterocycles. The van der Waals surface area contributed by atoms with Crippen LogP contribution in [0.25, 0.3) is 0 Å². The Balaban J connectivity index is 1.90. The third kappa shape index (κ3) is 4.68. The maximum absolute atomic E-state index is 12.6.